The molecule has 0 saturated carbocycles. The third-order valence-electron chi connectivity index (χ3n) is 4.18. The molecule has 10 nitrogen and oxygen atoms in total. The Kier molecular flexibility index (Phi) is 8.62. The average Bonchev–Trinajstić information content (AvgIpc) is 2.95. The second-order valence-electron chi connectivity index (χ2n) is 6.42. The standard InChI is InChI=1S/C17H26N2O8/c20-12-4-3-10-25-17(12)26-11-9-18-13(21)5-1-2-6-16(24)27-19-14(22)7-8-15(19)23/h12,17,20H,1-11H2,(H,18,21). The predicted octanol–water partition coefficient (Wildman–Crippen LogP) is -0.216. The molecule has 2 heterocycles. The van der Waals surface area contributed by atoms with Gasteiger partial charge in [0.05, 0.1) is 6.61 Å². The van der Waals surface area contributed by atoms with Gasteiger partial charge in [0, 0.05) is 38.8 Å². The number of nitrogens with one attached hydrogen (secondary N) is 1. The molecule has 2 unspecified atom stereocenters. The smallest absolute Gasteiger partial charge is 0.333 e. The lowest BCUT2D eigenvalue weighted by molar-refractivity contribution is -0.213. The zero-order valence-electron chi connectivity index (χ0n) is 15.2. The van der Waals surface area contributed by atoms with Crippen molar-refractivity contribution in [1.82, 2.24) is 10.4 Å². The summed E-state index contributed by atoms with van der Waals surface area (Å²) in [6, 6.07) is 0. The number of aliphatic hydroxyl groups is 1. The molecule has 2 rings (SSSR count). The lowest BCUT2D eigenvalue weighted by Crippen LogP contribution is -2.38. The molecule has 2 N–H and O–H groups in total. The third-order valence-corrected chi connectivity index (χ3v) is 4.18. The van der Waals surface area contributed by atoms with E-state index in [-0.39, 0.29) is 38.2 Å². The topological polar surface area (TPSA) is 131 Å². The van der Waals surface area contributed by atoms with Crippen LogP contribution < -0.4 is 5.32 Å². The van der Waals surface area contributed by atoms with Gasteiger partial charge >= 0.3 is 5.97 Å². The quantitative estimate of drug-likeness (QED) is 0.389. The number of unbranched alkanes of at least 4 members (excludes halogenated alkanes) is 1. The molecule has 2 aliphatic heterocycles. The SMILES string of the molecule is O=C(CCCCC(=O)ON1C(=O)CCC1=O)NCCOC1OCCCC1O. The fraction of sp³-hybridized carbons (Fsp3) is 0.765. The molecule has 0 aromatic rings. The Bertz CT molecular complexity index is 537. The third kappa shape index (κ3) is 7.24. The molecule has 2 atom stereocenters. The van der Waals surface area contributed by atoms with Crippen molar-refractivity contribution in [3.63, 3.8) is 0 Å². The van der Waals surface area contributed by atoms with E-state index in [1.807, 2.05) is 0 Å². The number of hydroxylamine groups is 2. The molecule has 0 aliphatic carbocycles. The van der Waals surface area contributed by atoms with Crippen molar-refractivity contribution in [2.75, 3.05) is 19.8 Å². The van der Waals surface area contributed by atoms with Crippen LogP contribution in [0.1, 0.15) is 51.4 Å². The summed E-state index contributed by atoms with van der Waals surface area (Å²) in [6.45, 7) is 1.08. The van der Waals surface area contributed by atoms with E-state index in [0.717, 1.165) is 6.42 Å². The summed E-state index contributed by atoms with van der Waals surface area (Å²) in [7, 11) is 0. The highest BCUT2D eigenvalue weighted by Gasteiger charge is 2.32. The van der Waals surface area contributed by atoms with Crippen LogP contribution in [0.4, 0.5) is 0 Å². The molecule has 0 spiro atoms. The van der Waals surface area contributed by atoms with Gasteiger partial charge in [-0.3, -0.25) is 14.4 Å². The number of imide groups is 1. The predicted molar refractivity (Wildman–Crippen MR) is 89.6 cm³/mol. The van der Waals surface area contributed by atoms with Crippen LogP contribution in [0.2, 0.25) is 0 Å². The zero-order valence-corrected chi connectivity index (χ0v) is 15.2. The van der Waals surface area contributed by atoms with E-state index in [2.05, 4.69) is 5.32 Å². The van der Waals surface area contributed by atoms with Crippen LogP contribution in [0.15, 0.2) is 0 Å². The number of nitrogens with zero attached hydrogens (tertiary/aromatic N) is 1. The molecule has 27 heavy (non-hydrogen) atoms. The van der Waals surface area contributed by atoms with Crippen molar-refractivity contribution in [2.45, 2.75) is 63.8 Å². The number of hydrogen-bond donors (Lipinski definition) is 2. The number of aliphatic hydroxyl groups excluding tert-OH is 1. The van der Waals surface area contributed by atoms with Crippen molar-refractivity contribution in [3.8, 4) is 0 Å². The summed E-state index contributed by atoms with van der Waals surface area (Å²) in [5.74, 6) is -1.87. The highest BCUT2D eigenvalue weighted by atomic mass is 16.7. The van der Waals surface area contributed by atoms with Gasteiger partial charge < -0.3 is 24.7 Å². The minimum absolute atomic E-state index is 0.0182. The average molecular weight is 386 g/mol. The van der Waals surface area contributed by atoms with Crippen LogP contribution in [-0.2, 0) is 33.5 Å². The van der Waals surface area contributed by atoms with Gasteiger partial charge in [-0.2, -0.15) is 0 Å². The van der Waals surface area contributed by atoms with Crippen LogP contribution in [0.25, 0.3) is 0 Å². The Balaban J connectivity index is 1.47. The first kappa shape index (κ1) is 21.3. The zero-order chi connectivity index (χ0) is 19.6. The second-order valence-corrected chi connectivity index (χ2v) is 6.42. The summed E-state index contributed by atoms with van der Waals surface area (Å²) in [6.07, 6.45) is 1.40. The molecule has 0 aromatic carbocycles. The van der Waals surface area contributed by atoms with Crippen molar-refractivity contribution in [3.05, 3.63) is 0 Å². The Hall–Kier alpha value is -2.04. The van der Waals surface area contributed by atoms with Gasteiger partial charge in [-0.1, -0.05) is 0 Å². The molecular formula is C17H26N2O8. The maximum Gasteiger partial charge on any atom is 0.333 e. The van der Waals surface area contributed by atoms with Crippen molar-refractivity contribution < 1.29 is 38.6 Å². The normalized spacial score (nSPS) is 22.8. The molecule has 2 fully saturated rings. The number of ether oxygens (including phenoxy) is 2. The first-order valence-corrected chi connectivity index (χ1v) is 9.22. The second kappa shape index (κ2) is 11.0. The largest absolute Gasteiger partial charge is 0.388 e. The molecule has 2 saturated heterocycles. The molecule has 0 radical (unpaired) electrons. The lowest BCUT2D eigenvalue weighted by Gasteiger charge is -2.27. The van der Waals surface area contributed by atoms with Crippen molar-refractivity contribution >= 4 is 23.7 Å². The number of carbonyl (C=O) groups excluding carboxylic acids is 4. The van der Waals surface area contributed by atoms with E-state index < -0.39 is 30.2 Å². The van der Waals surface area contributed by atoms with Gasteiger partial charge in [-0.25, -0.2) is 4.79 Å². The van der Waals surface area contributed by atoms with E-state index in [0.29, 0.717) is 37.5 Å². The van der Waals surface area contributed by atoms with E-state index >= 15 is 0 Å². The number of amides is 3. The number of carbonyl (C=O) groups is 4. The number of hydrogen-bond acceptors (Lipinski definition) is 8. The van der Waals surface area contributed by atoms with Crippen LogP contribution in [-0.4, -0.2) is 66.0 Å². The molecule has 152 valence electrons. The van der Waals surface area contributed by atoms with Crippen molar-refractivity contribution in [1.29, 1.82) is 0 Å². The van der Waals surface area contributed by atoms with E-state index in [9.17, 15) is 24.3 Å². The molecule has 10 heteroatoms. The summed E-state index contributed by atoms with van der Waals surface area (Å²) in [5.41, 5.74) is 0. The van der Waals surface area contributed by atoms with Gasteiger partial charge in [0.25, 0.3) is 11.8 Å². The van der Waals surface area contributed by atoms with Crippen LogP contribution in [0.3, 0.4) is 0 Å². The van der Waals surface area contributed by atoms with E-state index in [1.165, 1.54) is 0 Å². The fourth-order valence-electron chi connectivity index (χ4n) is 2.71. The van der Waals surface area contributed by atoms with Gasteiger partial charge in [0.1, 0.15) is 6.10 Å². The Morgan fingerprint density at radius 2 is 1.89 bits per heavy atom. The molecule has 0 bridgehead atoms. The monoisotopic (exact) mass is 386 g/mol. The van der Waals surface area contributed by atoms with Gasteiger partial charge in [0.15, 0.2) is 6.29 Å². The lowest BCUT2D eigenvalue weighted by atomic mass is 10.1. The maximum atomic E-state index is 11.7. The fourth-order valence-corrected chi connectivity index (χ4v) is 2.71. The van der Waals surface area contributed by atoms with Crippen LogP contribution in [0, 0.1) is 0 Å². The Labute approximate surface area is 157 Å². The number of rotatable bonds is 10. The minimum Gasteiger partial charge on any atom is -0.388 e. The van der Waals surface area contributed by atoms with Gasteiger partial charge in [-0.15, -0.1) is 5.06 Å². The molecule has 0 aromatic heterocycles. The molecule has 2 aliphatic rings. The van der Waals surface area contributed by atoms with E-state index in [1.54, 1.807) is 0 Å². The minimum atomic E-state index is -0.668. The summed E-state index contributed by atoms with van der Waals surface area (Å²) < 4.78 is 10.7. The van der Waals surface area contributed by atoms with Crippen molar-refractivity contribution in [2.24, 2.45) is 0 Å². The summed E-state index contributed by atoms with van der Waals surface area (Å²) >= 11 is 0. The highest BCUT2D eigenvalue weighted by Crippen LogP contribution is 2.15. The first-order chi connectivity index (χ1) is 13.0. The molecular weight excluding hydrogens is 360 g/mol. The van der Waals surface area contributed by atoms with Gasteiger partial charge in [-0.05, 0) is 25.7 Å². The first-order valence-electron chi connectivity index (χ1n) is 9.22. The summed E-state index contributed by atoms with van der Waals surface area (Å²) in [4.78, 5) is 50.7. The summed E-state index contributed by atoms with van der Waals surface area (Å²) in [5, 5.41) is 12.9. The highest BCUT2D eigenvalue weighted by molar-refractivity contribution is 6.01. The van der Waals surface area contributed by atoms with E-state index in [4.69, 9.17) is 14.3 Å². The van der Waals surface area contributed by atoms with Gasteiger partial charge in [0.2, 0.25) is 5.91 Å². The van der Waals surface area contributed by atoms with Crippen LogP contribution in [0.5, 0.6) is 0 Å². The maximum absolute atomic E-state index is 11.7. The Morgan fingerprint density at radius 3 is 2.59 bits per heavy atom. The van der Waals surface area contributed by atoms with Crippen LogP contribution >= 0.6 is 0 Å². The Morgan fingerprint density at radius 1 is 1.19 bits per heavy atom. The molecule has 3 amide bonds.